The molecule has 0 fully saturated rings. The number of aliphatic hydroxyl groups excluding tert-OH is 1. The van der Waals surface area contributed by atoms with Gasteiger partial charge in [0.15, 0.2) is 0 Å². The first-order valence-corrected chi connectivity index (χ1v) is 6.95. The van der Waals surface area contributed by atoms with Crippen LogP contribution in [0.4, 0.5) is 13.2 Å². The summed E-state index contributed by atoms with van der Waals surface area (Å²) in [6.07, 6.45) is -3.63. The van der Waals surface area contributed by atoms with Crippen molar-refractivity contribution in [2.45, 2.75) is 45.5 Å². The van der Waals surface area contributed by atoms with Crippen LogP contribution in [0.25, 0.3) is 0 Å². The molecule has 0 aliphatic rings. The van der Waals surface area contributed by atoms with E-state index < -0.39 is 23.9 Å². The minimum Gasteiger partial charge on any atom is -0.386 e. The van der Waals surface area contributed by atoms with E-state index in [0.29, 0.717) is 12.0 Å². The summed E-state index contributed by atoms with van der Waals surface area (Å²) >= 11 is 0. The molecule has 0 radical (unpaired) electrons. The van der Waals surface area contributed by atoms with E-state index in [4.69, 9.17) is 0 Å². The van der Waals surface area contributed by atoms with Crippen LogP contribution in [0, 0.1) is 0 Å². The quantitative estimate of drug-likeness (QED) is 0.816. The van der Waals surface area contributed by atoms with Crippen LogP contribution in [0.15, 0.2) is 35.9 Å². The van der Waals surface area contributed by atoms with Crippen LogP contribution in [0.3, 0.4) is 0 Å². The van der Waals surface area contributed by atoms with Gasteiger partial charge in [-0.15, -0.1) is 0 Å². The van der Waals surface area contributed by atoms with Crippen LogP contribution >= 0.6 is 0 Å². The van der Waals surface area contributed by atoms with Crippen LogP contribution in [0.5, 0.6) is 0 Å². The molecular formula is C16H20F3NO2. The molecule has 0 aliphatic carbocycles. The lowest BCUT2D eigenvalue weighted by Gasteiger charge is -2.23. The Hall–Kier alpha value is -1.82. The Morgan fingerprint density at radius 2 is 1.82 bits per heavy atom. The molecule has 22 heavy (non-hydrogen) atoms. The van der Waals surface area contributed by atoms with Crippen LogP contribution in [-0.4, -0.2) is 17.1 Å². The molecule has 0 saturated carbocycles. The Morgan fingerprint density at radius 3 is 2.23 bits per heavy atom. The van der Waals surface area contributed by atoms with Crippen LogP contribution < -0.4 is 5.32 Å². The molecule has 2 N–H and O–H groups in total. The fourth-order valence-corrected chi connectivity index (χ4v) is 1.99. The Balaban J connectivity index is 2.86. The molecule has 1 aromatic carbocycles. The molecule has 0 aliphatic heterocycles. The lowest BCUT2D eigenvalue weighted by Crippen LogP contribution is -2.38. The normalized spacial score (nSPS) is 14.1. The van der Waals surface area contributed by atoms with Gasteiger partial charge in [0, 0.05) is 6.08 Å². The standard InChI is InChI=1S/C16H20F3NO2/c1-4-13(20-14(21)9-10(2)3)15(22)11-5-7-12(8-6-11)16(17,18)19/h5-9,13,15,22H,4H2,1-3H3,(H,20,21). The van der Waals surface area contributed by atoms with Gasteiger partial charge in [0.05, 0.1) is 17.7 Å². The Morgan fingerprint density at radius 1 is 1.27 bits per heavy atom. The Bertz CT molecular complexity index is 531. The van der Waals surface area contributed by atoms with E-state index in [0.717, 1.165) is 17.7 Å². The highest BCUT2D eigenvalue weighted by molar-refractivity contribution is 5.88. The predicted octanol–water partition coefficient (Wildman–Crippen LogP) is 3.60. The second-order valence-corrected chi connectivity index (χ2v) is 5.31. The van der Waals surface area contributed by atoms with Gasteiger partial charge >= 0.3 is 6.18 Å². The molecule has 0 aromatic heterocycles. The fraction of sp³-hybridized carbons (Fsp3) is 0.438. The maximum absolute atomic E-state index is 12.5. The van der Waals surface area contributed by atoms with Crippen molar-refractivity contribution in [3.05, 3.63) is 47.0 Å². The van der Waals surface area contributed by atoms with E-state index in [-0.39, 0.29) is 5.91 Å². The number of hydrogen-bond donors (Lipinski definition) is 2. The summed E-state index contributed by atoms with van der Waals surface area (Å²) in [4.78, 5) is 11.7. The second kappa shape index (κ2) is 7.45. The van der Waals surface area contributed by atoms with E-state index in [1.54, 1.807) is 20.8 Å². The van der Waals surface area contributed by atoms with Crippen LogP contribution in [-0.2, 0) is 11.0 Å². The van der Waals surface area contributed by atoms with Gasteiger partial charge in [-0.3, -0.25) is 4.79 Å². The molecule has 2 atom stereocenters. The zero-order valence-corrected chi connectivity index (χ0v) is 12.7. The molecule has 0 bridgehead atoms. The highest BCUT2D eigenvalue weighted by Crippen LogP contribution is 2.30. The van der Waals surface area contributed by atoms with Gasteiger partial charge < -0.3 is 10.4 Å². The summed E-state index contributed by atoms with van der Waals surface area (Å²) in [7, 11) is 0. The Labute approximate surface area is 127 Å². The summed E-state index contributed by atoms with van der Waals surface area (Å²) in [5, 5.41) is 12.9. The highest BCUT2D eigenvalue weighted by Gasteiger charge is 2.30. The second-order valence-electron chi connectivity index (χ2n) is 5.31. The molecule has 2 unspecified atom stereocenters. The molecule has 0 spiro atoms. The lowest BCUT2D eigenvalue weighted by atomic mass is 9.99. The van der Waals surface area contributed by atoms with Crippen LogP contribution in [0.2, 0.25) is 0 Å². The largest absolute Gasteiger partial charge is 0.416 e. The van der Waals surface area contributed by atoms with E-state index in [9.17, 15) is 23.1 Å². The van der Waals surface area contributed by atoms with Crippen molar-refractivity contribution in [1.82, 2.24) is 5.32 Å². The highest BCUT2D eigenvalue weighted by atomic mass is 19.4. The number of nitrogens with one attached hydrogen (secondary N) is 1. The van der Waals surface area contributed by atoms with Crippen molar-refractivity contribution in [2.24, 2.45) is 0 Å². The van der Waals surface area contributed by atoms with Crippen molar-refractivity contribution in [2.75, 3.05) is 0 Å². The third kappa shape index (κ3) is 5.18. The van der Waals surface area contributed by atoms with Gasteiger partial charge in [0.1, 0.15) is 0 Å². The van der Waals surface area contributed by atoms with E-state index in [2.05, 4.69) is 5.32 Å². The van der Waals surface area contributed by atoms with Crippen molar-refractivity contribution in [1.29, 1.82) is 0 Å². The van der Waals surface area contributed by atoms with Crippen molar-refractivity contribution >= 4 is 5.91 Å². The van der Waals surface area contributed by atoms with Gasteiger partial charge in [-0.2, -0.15) is 13.2 Å². The molecule has 1 rings (SSSR count). The number of aliphatic hydroxyl groups is 1. The number of rotatable bonds is 5. The number of carbonyl (C=O) groups excluding carboxylic acids is 1. The zero-order valence-electron chi connectivity index (χ0n) is 12.7. The van der Waals surface area contributed by atoms with Crippen LogP contribution in [0.1, 0.15) is 44.4 Å². The number of hydrogen-bond acceptors (Lipinski definition) is 2. The van der Waals surface area contributed by atoms with Crippen molar-refractivity contribution in [3.63, 3.8) is 0 Å². The smallest absolute Gasteiger partial charge is 0.386 e. The van der Waals surface area contributed by atoms with E-state index >= 15 is 0 Å². The number of carbonyl (C=O) groups is 1. The number of allylic oxidation sites excluding steroid dienone is 1. The average molecular weight is 315 g/mol. The first kappa shape index (κ1) is 18.2. The summed E-state index contributed by atoms with van der Waals surface area (Å²) in [6, 6.07) is 3.72. The number of halogens is 3. The molecule has 3 nitrogen and oxygen atoms in total. The van der Waals surface area contributed by atoms with E-state index in [1.165, 1.54) is 18.2 Å². The molecule has 0 saturated heterocycles. The average Bonchev–Trinajstić information content (AvgIpc) is 2.42. The van der Waals surface area contributed by atoms with Gasteiger partial charge in [-0.1, -0.05) is 24.6 Å². The summed E-state index contributed by atoms with van der Waals surface area (Å²) < 4.78 is 37.5. The molecule has 6 heteroatoms. The molecule has 1 amide bonds. The van der Waals surface area contributed by atoms with Gasteiger partial charge in [0.25, 0.3) is 0 Å². The first-order chi connectivity index (χ1) is 10.1. The van der Waals surface area contributed by atoms with Crippen molar-refractivity contribution < 1.29 is 23.1 Å². The maximum atomic E-state index is 12.5. The monoisotopic (exact) mass is 315 g/mol. The summed E-state index contributed by atoms with van der Waals surface area (Å²) in [5.41, 5.74) is 0.374. The number of amides is 1. The molecule has 122 valence electrons. The van der Waals surface area contributed by atoms with Crippen molar-refractivity contribution in [3.8, 4) is 0 Å². The number of benzene rings is 1. The summed E-state index contributed by atoms with van der Waals surface area (Å²) in [5.74, 6) is -0.335. The van der Waals surface area contributed by atoms with Gasteiger partial charge in [-0.25, -0.2) is 0 Å². The molecule has 1 aromatic rings. The third-order valence-electron chi connectivity index (χ3n) is 3.15. The van der Waals surface area contributed by atoms with E-state index in [1.807, 2.05) is 0 Å². The lowest BCUT2D eigenvalue weighted by molar-refractivity contribution is -0.137. The molecule has 0 heterocycles. The first-order valence-electron chi connectivity index (χ1n) is 6.95. The topological polar surface area (TPSA) is 49.3 Å². The third-order valence-corrected chi connectivity index (χ3v) is 3.15. The van der Waals surface area contributed by atoms with Gasteiger partial charge in [0.2, 0.25) is 5.91 Å². The predicted molar refractivity (Wildman–Crippen MR) is 78.1 cm³/mol. The minimum absolute atomic E-state index is 0.331. The SMILES string of the molecule is CCC(NC(=O)C=C(C)C)C(O)c1ccc(C(F)(F)F)cc1. The van der Waals surface area contributed by atoms with Gasteiger partial charge in [-0.05, 0) is 38.0 Å². The molecular weight excluding hydrogens is 295 g/mol. The zero-order chi connectivity index (χ0) is 16.9. The number of alkyl halides is 3. The fourth-order valence-electron chi connectivity index (χ4n) is 1.99. The minimum atomic E-state index is -4.41. The summed E-state index contributed by atoms with van der Waals surface area (Å²) in [6.45, 7) is 5.32. The Kier molecular flexibility index (Phi) is 6.17. The maximum Gasteiger partial charge on any atom is 0.416 e.